The molecular weight excluding hydrogens is 235 g/mol. The number of hydrogen-bond donors (Lipinski definition) is 0. The van der Waals surface area contributed by atoms with Gasteiger partial charge in [0.2, 0.25) is 0 Å². The molecule has 19 heavy (non-hydrogen) atoms. The van der Waals surface area contributed by atoms with Crippen LogP contribution in [0.25, 0.3) is 0 Å². The minimum Gasteiger partial charge on any atom is -0.207 e. The molecule has 0 saturated heterocycles. The molecule has 1 saturated carbocycles. The standard InChI is InChI=1S/C18H23F/c1-2-3-4-5-6-15-7-9-16(10-8-15)17-11-13-18(19)14-12-17/h2-4,11-16H,1,5-10H2/b4-3+. The summed E-state index contributed by atoms with van der Waals surface area (Å²) in [6.45, 7) is 3.68. The van der Waals surface area contributed by atoms with Gasteiger partial charge in [0, 0.05) is 0 Å². The van der Waals surface area contributed by atoms with Gasteiger partial charge in [-0.25, -0.2) is 4.39 Å². The van der Waals surface area contributed by atoms with Gasteiger partial charge in [-0.05, 0) is 68.1 Å². The van der Waals surface area contributed by atoms with E-state index in [1.807, 2.05) is 24.3 Å². The van der Waals surface area contributed by atoms with E-state index in [1.54, 1.807) is 12.1 Å². The fraction of sp³-hybridized carbons (Fsp3) is 0.444. The minimum absolute atomic E-state index is 0.133. The Balaban J connectivity index is 1.77. The van der Waals surface area contributed by atoms with Crippen LogP contribution in [0.4, 0.5) is 4.39 Å². The SMILES string of the molecule is C=C/C=C/CCC1CCC(c2ccc(F)cc2)CC1. The fourth-order valence-corrected chi connectivity index (χ4v) is 3.04. The van der Waals surface area contributed by atoms with Crippen LogP contribution in [-0.4, -0.2) is 0 Å². The molecule has 0 amide bonds. The Morgan fingerprint density at radius 1 is 1.11 bits per heavy atom. The summed E-state index contributed by atoms with van der Waals surface area (Å²) in [5.41, 5.74) is 1.31. The van der Waals surface area contributed by atoms with Crippen LogP contribution < -0.4 is 0 Å². The lowest BCUT2D eigenvalue weighted by molar-refractivity contribution is 0.312. The molecule has 0 spiro atoms. The summed E-state index contributed by atoms with van der Waals surface area (Å²) in [7, 11) is 0. The highest BCUT2D eigenvalue weighted by molar-refractivity contribution is 5.20. The monoisotopic (exact) mass is 258 g/mol. The Morgan fingerprint density at radius 3 is 2.42 bits per heavy atom. The van der Waals surface area contributed by atoms with E-state index in [1.165, 1.54) is 37.7 Å². The van der Waals surface area contributed by atoms with Gasteiger partial charge in [-0.15, -0.1) is 0 Å². The highest BCUT2D eigenvalue weighted by atomic mass is 19.1. The zero-order chi connectivity index (χ0) is 13.5. The summed E-state index contributed by atoms with van der Waals surface area (Å²) in [5, 5.41) is 0. The van der Waals surface area contributed by atoms with Gasteiger partial charge < -0.3 is 0 Å². The average Bonchev–Trinajstić information content (AvgIpc) is 2.45. The molecule has 0 unspecified atom stereocenters. The first-order valence-electron chi connectivity index (χ1n) is 7.32. The molecule has 0 radical (unpaired) electrons. The number of rotatable bonds is 5. The summed E-state index contributed by atoms with van der Waals surface area (Å²) in [5.74, 6) is 1.37. The molecule has 102 valence electrons. The molecule has 0 nitrogen and oxygen atoms in total. The van der Waals surface area contributed by atoms with Crippen LogP contribution in [0.15, 0.2) is 49.1 Å². The molecule has 1 aliphatic rings. The molecular formula is C18H23F. The van der Waals surface area contributed by atoms with Gasteiger partial charge in [0.15, 0.2) is 0 Å². The third kappa shape index (κ3) is 4.34. The van der Waals surface area contributed by atoms with Crippen LogP contribution in [0.2, 0.25) is 0 Å². The lowest BCUT2D eigenvalue weighted by Crippen LogP contribution is -2.13. The summed E-state index contributed by atoms with van der Waals surface area (Å²) in [4.78, 5) is 0. The first kappa shape index (κ1) is 14.0. The predicted octanol–water partition coefficient (Wildman–Crippen LogP) is 5.62. The molecule has 0 aromatic heterocycles. The maximum Gasteiger partial charge on any atom is 0.123 e. The molecule has 0 aliphatic heterocycles. The molecule has 0 bridgehead atoms. The van der Waals surface area contributed by atoms with Crippen LogP contribution in [0.5, 0.6) is 0 Å². The predicted molar refractivity (Wildman–Crippen MR) is 79.7 cm³/mol. The second kappa shape index (κ2) is 7.28. The van der Waals surface area contributed by atoms with Gasteiger partial charge in [0.05, 0.1) is 0 Å². The Labute approximate surface area is 116 Å². The van der Waals surface area contributed by atoms with Crippen molar-refractivity contribution in [2.24, 2.45) is 5.92 Å². The van der Waals surface area contributed by atoms with E-state index in [0.29, 0.717) is 5.92 Å². The van der Waals surface area contributed by atoms with Crippen molar-refractivity contribution in [3.63, 3.8) is 0 Å². The summed E-state index contributed by atoms with van der Waals surface area (Å²) >= 11 is 0. The smallest absolute Gasteiger partial charge is 0.123 e. The van der Waals surface area contributed by atoms with Gasteiger partial charge in [-0.2, -0.15) is 0 Å². The Hall–Kier alpha value is -1.37. The molecule has 1 aliphatic carbocycles. The third-order valence-electron chi connectivity index (χ3n) is 4.20. The lowest BCUT2D eigenvalue weighted by atomic mass is 9.77. The van der Waals surface area contributed by atoms with Gasteiger partial charge in [0.1, 0.15) is 5.82 Å². The number of benzene rings is 1. The van der Waals surface area contributed by atoms with E-state index >= 15 is 0 Å². The van der Waals surface area contributed by atoms with Gasteiger partial charge in [-0.1, -0.05) is 36.9 Å². The van der Waals surface area contributed by atoms with Crippen LogP contribution in [0.3, 0.4) is 0 Å². The summed E-state index contributed by atoms with van der Waals surface area (Å²) in [6.07, 6.45) is 13.7. The average molecular weight is 258 g/mol. The molecule has 1 aromatic rings. The van der Waals surface area contributed by atoms with E-state index < -0.39 is 0 Å². The third-order valence-corrected chi connectivity index (χ3v) is 4.20. The molecule has 0 heterocycles. The molecule has 1 heteroatoms. The van der Waals surface area contributed by atoms with Crippen molar-refractivity contribution < 1.29 is 4.39 Å². The Kier molecular flexibility index (Phi) is 5.38. The summed E-state index contributed by atoms with van der Waals surface area (Å²) < 4.78 is 12.9. The van der Waals surface area contributed by atoms with Crippen LogP contribution >= 0.6 is 0 Å². The number of allylic oxidation sites excluding steroid dienone is 3. The van der Waals surface area contributed by atoms with E-state index in [9.17, 15) is 4.39 Å². The van der Waals surface area contributed by atoms with Gasteiger partial charge in [0.25, 0.3) is 0 Å². The molecule has 1 aromatic carbocycles. The molecule has 2 rings (SSSR count). The zero-order valence-electron chi connectivity index (χ0n) is 11.5. The molecule has 0 N–H and O–H groups in total. The lowest BCUT2D eigenvalue weighted by Gasteiger charge is -2.28. The maximum absolute atomic E-state index is 12.9. The highest BCUT2D eigenvalue weighted by Gasteiger charge is 2.21. The fourth-order valence-electron chi connectivity index (χ4n) is 3.04. The van der Waals surface area contributed by atoms with Crippen LogP contribution in [0, 0.1) is 11.7 Å². The van der Waals surface area contributed by atoms with Crippen LogP contribution in [-0.2, 0) is 0 Å². The second-order valence-corrected chi connectivity index (χ2v) is 5.51. The van der Waals surface area contributed by atoms with E-state index in [0.717, 1.165) is 12.3 Å². The Bertz CT molecular complexity index is 408. The normalized spacial score (nSPS) is 23.6. The molecule has 0 atom stereocenters. The topological polar surface area (TPSA) is 0 Å². The number of hydrogen-bond acceptors (Lipinski definition) is 0. The number of halogens is 1. The van der Waals surface area contributed by atoms with Crippen molar-refractivity contribution in [1.29, 1.82) is 0 Å². The largest absolute Gasteiger partial charge is 0.207 e. The van der Waals surface area contributed by atoms with Gasteiger partial charge >= 0.3 is 0 Å². The van der Waals surface area contributed by atoms with Crippen LogP contribution in [0.1, 0.15) is 50.0 Å². The Morgan fingerprint density at radius 2 is 1.79 bits per heavy atom. The zero-order valence-corrected chi connectivity index (χ0v) is 11.5. The van der Waals surface area contributed by atoms with Crippen molar-refractivity contribution >= 4 is 0 Å². The first-order valence-corrected chi connectivity index (χ1v) is 7.32. The van der Waals surface area contributed by atoms with E-state index in [2.05, 4.69) is 12.7 Å². The van der Waals surface area contributed by atoms with Crippen molar-refractivity contribution in [3.05, 3.63) is 60.5 Å². The summed E-state index contributed by atoms with van der Waals surface area (Å²) in [6, 6.07) is 7.07. The van der Waals surface area contributed by atoms with Gasteiger partial charge in [-0.3, -0.25) is 0 Å². The van der Waals surface area contributed by atoms with Crippen molar-refractivity contribution in [2.45, 2.75) is 44.4 Å². The van der Waals surface area contributed by atoms with Crippen molar-refractivity contribution in [2.75, 3.05) is 0 Å². The second-order valence-electron chi connectivity index (χ2n) is 5.51. The van der Waals surface area contributed by atoms with Crippen molar-refractivity contribution in [3.8, 4) is 0 Å². The maximum atomic E-state index is 12.9. The minimum atomic E-state index is -0.133. The molecule has 1 fully saturated rings. The highest BCUT2D eigenvalue weighted by Crippen LogP contribution is 2.37. The van der Waals surface area contributed by atoms with E-state index in [-0.39, 0.29) is 5.82 Å². The first-order chi connectivity index (χ1) is 9.29. The quantitative estimate of drug-likeness (QED) is 0.601. The van der Waals surface area contributed by atoms with E-state index in [4.69, 9.17) is 0 Å². The van der Waals surface area contributed by atoms with Crippen molar-refractivity contribution in [1.82, 2.24) is 0 Å².